The van der Waals surface area contributed by atoms with Crippen molar-refractivity contribution < 1.29 is 13.2 Å². The molecule has 30 heavy (non-hydrogen) atoms. The molecule has 0 fully saturated rings. The zero-order valence-corrected chi connectivity index (χ0v) is 18.9. The van der Waals surface area contributed by atoms with Gasteiger partial charge >= 0.3 is 0 Å². The summed E-state index contributed by atoms with van der Waals surface area (Å²) < 4.78 is 28.6. The number of carbonyl (C=O) groups is 1. The second-order valence-corrected chi connectivity index (χ2v) is 9.24. The number of aromatic nitrogens is 3. The first-order chi connectivity index (χ1) is 14.2. The molecule has 11 heteroatoms. The Hall–Kier alpha value is -2.68. The molecule has 0 radical (unpaired) electrons. The minimum absolute atomic E-state index is 0.0141. The SMILES string of the molecule is CCN(CC)S(=O)(=O)c1cccc(-c2nnc(SCC(=O)/C(C#N)=C(/C)N)n2C)c1. The van der Waals surface area contributed by atoms with E-state index in [1.54, 1.807) is 49.7 Å². The van der Waals surface area contributed by atoms with Gasteiger partial charge in [-0.25, -0.2) is 8.42 Å². The Bertz CT molecular complexity index is 1110. The van der Waals surface area contributed by atoms with Crippen molar-refractivity contribution in [3.05, 3.63) is 35.5 Å². The van der Waals surface area contributed by atoms with Crippen molar-refractivity contribution in [1.29, 1.82) is 5.26 Å². The third-order valence-electron chi connectivity index (χ3n) is 4.39. The number of rotatable bonds is 9. The van der Waals surface area contributed by atoms with Gasteiger partial charge in [0.15, 0.2) is 16.8 Å². The van der Waals surface area contributed by atoms with E-state index in [9.17, 15) is 13.2 Å². The highest BCUT2D eigenvalue weighted by Gasteiger charge is 2.23. The minimum atomic E-state index is -3.60. The maximum absolute atomic E-state index is 12.8. The van der Waals surface area contributed by atoms with Gasteiger partial charge in [0.1, 0.15) is 11.6 Å². The van der Waals surface area contributed by atoms with E-state index >= 15 is 0 Å². The molecule has 0 aliphatic rings. The molecular weight excluding hydrogens is 424 g/mol. The molecule has 1 heterocycles. The summed E-state index contributed by atoms with van der Waals surface area (Å²) in [5.74, 6) is 0.0618. The van der Waals surface area contributed by atoms with E-state index in [1.807, 2.05) is 6.07 Å². The molecule has 9 nitrogen and oxygen atoms in total. The third-order valence-corrected chi connectivity index (χ3v) is 7.45. The Morgan fingerprint density at radius 1 is 1.30 bits per heavy atom. The summed E-state index contributed by atoms with van der Waals surface area (Å²) in [5.41, 5.74) is 6.25. The van der Waals surface area contributed by atoms with Crippen molar-refractivity contribution in [3.63, 3.8) is 0 Å². The number of allylic oxidation sites excluding steroid dienone is 2. The van der Waals surface area contributed by atoms with E-state index in [2.05, 4.69) is 10.2 Å². The number of hydrogen-bond acceptors (Lipinski definition) is 8. The van der Waals surface area contributed by atoms with Crippen LogP contribution in [0, 0.1) is 11.3 Å². The lowest BCUT2D eigenvalue weighted by molar-refractivity contribution is -0.112. The first-order valence-corrected chi connectivity index (χ1v) is 11.6. The Balaban J connectivity index is 2.30. The van der Waals surface area contributed by atoms with Crippen LogP contribution < -0.4 is 5.73 Å². The highest BCUT2D eigenvalue weighted by molar-refractivity contribution is 7.99. The van der Waals surface area contributed by atoms with Crippen molar-refractivity contribution in [1.82, 2.24) is 19.1 Å². The van der Waals surface area contributed by atoms with Crippen LogP contribution in [0.2, 0.25) is 0 Å². The summed E-state index contributed by atoms with van der Waals surface area (Å²) >= 11 is 1.13. The van der Waals surface area contributed by atoms with Crippen LogP contribution in [0.25, 0.3) is 11.4 Å². The van der Waals surface area contributed by atoms with E-state index in [-0.39, 0.29) is 27.7 Å². The lowest BCUT2D eigenvalue weighted by Gasteiger charge is -2.18. The van der Waals surface area contributed by atoms with Crippen molar-refractivity contribution in [2.75, 3.05) is 18.8 Å². The normalized spacial score (nSPS) is 12.5. The second kappa shape index (κ2) is 9.88. The van der Waals surface area contributed by atoms with Crippen molar-refractivity contribution in [2.45, 2.75) is 30.8 Å². The molecule has 0 spiro atoms. The predicted molar refractivity (Wildman–Crippen MR) is 115 cm³/mol. The number of thioether (sulfide) groups is 1. The van der Waals surface area contributed by atoms with Gasteiger partial charge in [-0.3, -0.25) is 4.79 Å². The fourth-order valence-corrected chi connectivity index (χ4v) is 5.06. The average Bonchev–Trinajstić information content (AvgIpc) is 3.08. The molecule has 0 bridgehead atoms. The number of carbonyl (C=O) groups excluding carboxylic acids is 1. The average molecular weight is 449 g/mol. The zero-order valence-electron chi connectivity index (χ0n) is 17.3. The fourth-order valence-electron chi connectivity index (χ4n) is 2.77. The highest BCUT2D eigenvalue weighted by atomic mass is 32.2. The minimum Gasteiger partial charge on any atom is -0.401 e. The third kappa shape index (κ3) is 4.89. The van der Waals surface area contributed by atoms with Crippen LogP contribution in [0.15, 0.2) is 45.6 Å². The van der Waals surface area contributed by atoms with Crippen LogP contribution in [-0.2, 0) is 21.9 Å². The molecule has 2 N–H and O–H groups in total. The lowest BCUT2D eigenvalue weighted by Crippen LogP contribution is -2.30. The molecule has 0 saturated heterocycles. The van der Waals surface area contributed by atoms with E-state index < -0.39 is 10.0 Å². The standard InChI is InChI=1S/C19H24N6O3S2/c1-5-25(6-2)30(27,28)15-9-7-8-14(10-15)18-22-23-19(24(18)4)29-12-17(26)16(11-20)13(3)21/h7-10H,5-6,12,21H2,1-4H3/b16-13-. The van der Waals surface area contributed by atoms with E-state index in [4.69, 9.17) is 11.0 Å². The highest BCUT2D eigenvalue weighted by Crippen LogP contribution is 2.26. The number of sulfonamides is 1. The molecule has 0 saturated carbocycles. The quantitative estimate of drug-likeness (QED) is 0.349. The molecule has 2 rings (SSSR count). The molecular formula is C19H24N6O3S2. The molecule has 0 amide bonds. The van der Waals surface area contributed by atoms with Gasteiger partial charge in [0.05, 0.1) is 10.6 Å². The zero-order chi connectivity index (χ0) is 22.5. The van der Waals surface area contributed by atoms with Crippen LogP contribution >= 0.6 is 11.8 Å². The van der Waals surface area contributed by atoms with Gasteiger partial charge in [-0.2, -0.15) is 9.57 Å². The monoisotopic (exact) mass is 448 g/mol. The van der Waals surface area contributed by atoms with Gasteiger partial charge in [0, 0.05) is 31.4 Å². The lowest BCUT2D eigenvalue weighted by atomic mass is 10.2. The van der Waals surface area contributed by atoms with Crippen molar-refractivity contribution in [3.8, 4) is 17.5 Å². The number of Topliss-reactive ketones (excluding diaryl/α,β-unsaturated/α-hetero) is 1. The molecule has 0 aliphatic carbocycles. The fraction of sp³-hybridized carbons (Fsp3) is 0.368. The van der Waals surface area contributed by atoms with Crippen molar-refractivity contribution >= 4 is 27.6 Å². The van der Waals surface area contributed by atoms with Gasteiger partial charge in [-0.05, 0) is 19.1 Å². The topological polar surface area (TPSA) is 135 Å². The van der Waals surface area contributed by atoms with E-state index in [1.165, 1.54) is 11.2 Å². The van der Waals surface area contributed by atoms with Gasteiger partial charge in [-0.1, -0.05) is 37.7 Å². The first kappa shape index (κ1) is 23.6. The summed E-state index contributed by atoms with van der Waals surface area (Å²) in [7, 11) is -1.88. The molecule has 2 aromatic rings. The number of benzene rings is 1. The van der Waals surface area contributed by atoms with Gasteiger partial charge in [-0.15, -0.1) is 10.2 Å². The largest absolute Gasteiger partial charge is 0.401 e. The Labute approximate surface area is 180 Å². The number of nitrogens with zero attached hydrogens (tertiary/aromatic N) is 5. The molecule has 0 atom stereocenters. The second-order valence-electron chi connectivity index (χ2n) is 6.36. The molecule has 160 valence electrons. The van der Waals surface area contributed by atoms with Crippen LogP contribution in [0.3, 0.4) is 0 Å². The Morgan fingerprint density at radius 2 is 1.97 bits per heavy atom. The number of hydrogen-bond donors (Lipinski definition) is 1. The van der Waals surface area contributed by atoms with E-state index in [0.717, 1.165) is 11.8 Å². The first-order valence-electron chi connectivity index (χ1n) is 9.19. The smallest absolute Gasteiger partial charge is 0.243 e. The van der Waals surface area contributed by atoms with Gasteiger partial charge in [0.25, 0.3) is 0 Å². The summed E-state index contributed by atoms with van der Waals surface area (Å²) in [6, 6.07) is 8.33. The van der Waals surface area contributed by atoms with Gasteiger partial charge < -0.3 is 10.3 Å². The Kier molecular flexibility index (Phi) is 7.77. The number of nitrogens with two attached hydrogens (primary N) is 1. The number of ketones is 1. The van der Waals surface area contributed by atoms with Crippen LogP contribution in [0.5, 0.6) is 0 Å². The van der Waals surface area contributed by atoms with Gasteiger partial charge in [0.2, 0.25) is 10.0 Å². The maximum atomic E-state index is 12.8. The molecule has 0 aliphatic heterocycles. The molecule has 1 aromatic heterocycles. The Morgan fingerprint density at radius 3 is 2.53 bits per heavy atom. The maximum Gasteiger partial charge on any atom is 0.243 e. The van der Waals surface area contributed by atoms with Crippen LogP contribution in [0.1, 0.15) is 20.8 Å². The summed E-state index contributed by atoms with van der Waals surface area (Å²) in [5, 5.41) is 17.7. The summed E-state index contributed by atoms with van der Waals surface area (Å²) in [4.78, 5) is 12.3. The number of nitriles is 1. The molecule has 1 aromatic carbocycles. The predicted octanol–water partition coefficient (Wildman–Crippen LogP) is 1.93. The van der Waals surface area contributed by atoms with Crippen molar-refractivity contribution in [2.24, 2.45) is 12.8 Å². The van der Waals surface area contributed by atoms with E-state index in [0.29, 0.717) is 29.6 Å². The summed E-state index contributed by atoms with van der Waals surface area (Å²) in [6.45, 7) is 5.84. The molecule has 0 unspecified atom stereocenters. The van der Waals surface area contributed by atoms with Crippen LogP contribution in [0.4, 0.5) is 0 Å². The summed E-state index contributed by atoms with van der Waals surface area (Å²) in [6.07, 6.45) is 0. The van der Waals surface area contributed by atoms with Crippen LogP contribution in [-0.4, -0.2) is 52.1 Å².